The lowest BCUT2D eigenvalue weighted by Gasteiger charge is -2.23. The Kier molecular flexibility index (Phi) is 6.52. The number of nitrogens with zero attached hydrogens (tertiary/aromatic N) is 1. The largest absolute Gasteiger partial charge is 0.462 e. The number of hydrogen-bond acceptors (Lipinski definition) is 6. The van der Waals surface area contributed by atoms with Crippen molar-refractivity contribution in [3.05, 3.63) is 58.4 Å². The molecule has 2 aromatic carbocycles. The summed E-state index contributed by atoms with van der Waals surface area (Å²) in [6, 6.07) is 12.1. The van der Waals surface area contributed by atoms with E-state index in [-0.39, 0.29) is 23.3 Å². The Balaban J connectivity index is 1.53. The number of thiophene rings is 1. The number of carbonyl (C=O) groups excluding carboxylic acids is 2. The minimum absolute atomic E-state index is 0.104. The van der Waals surface area contributed by atoms with Crippen molar-refractivity contribution in [3.8, 4) is 0 Å². The van der Waals surface area contributed by atoms with Crippen molar-refractivity contribution in [3.63, 3.8) is 0 Å². The highest BCUT2D eigenvalue weighted by molar-refractivity contribution is 7.89. The Morgan fingerprint density at radius 2 is 1.94 bits per heavy atom. The first-order chi connectivity index (χ1) is 15.3. The van der Waals surface area contributed by atoms with Crippen LogP contribution < -0.4 is 5.32 Å². The van der Waals surface area contributed by atoms with Gasteiger partial charge in [-0.05, 0) is 73.7 Å². The normalized spacial score (nSPS) is 16.9. The molecule has 0 aliphatic carbocycles. The molecule has 1 atom stereocenters. The first kappa shape index (κ1) is 22.7. The molecule has 1 N–H and O–H groups in total. The van der Waals surface area contributed by atoms with Gasteiger partial charge in [0.25, 0.3) is 0 Å². The third-order valence-corrected chi connectivity index (χ3v) is 8.46. The number of carbonyl (C=O) groups is 2. The van der Waals surface area contributed by atoms with Gasteiger partial charge in [0, 0.05) is 22.0 Å². The molecule has 32 heavy (non-hydrogen) atoms. The van der Waals surface area contributed by atoms with E-state index < -0.39 is 16.1 Å². The van der Waals surface area contributed by atoms with Crippen LogP contribution >= 0.6 is 22.9 Å². The molecule has 1 amide bonds. The van der Waals surface area contributed by atoms with E-state index in [2.05, 4.69) is 5.32 Å². The number of ether oxygens (including phenoxy) is 1. The highest BCUT2D eigenvalue weighted by atomic mass is 35.5. The highest BCUT2D eigenvalue weighted by Gasteiger charge is 2.39. The van der Waals surface area contributed by atoms with Crippen LogP contribution in [0.15, 0.2) is 53.4 Å². The molecule has 2 heterocycles. The maximum atomic E-state index is 13.1. The number of nitrogens with one attached hydrogen (secondary N) is 1. The Bertz CT molecular complexity index is 1270. The molecule has 1 aliphatic rings. The molecular formula is C22H21ClN2O5S2. The number of sulfonamides is 1. The second-order valence-electron chi connectivity index (χ2n) is 7.30. The SMILES string of the molecule is CCOC(=O)c1cc2cc(NC(=O)[C@H]3CCCN3S(=O)(=O)c3ccc(Cl)cc3)ccc2s1. The van der Waals surface area contributed by atoms with Gasteiger partial charge < -0.3 is 10.1 Å². The van der Waals surface area contributed by atoms with Crippen LogP contribution in [0.1, 0.15) is 29.4 Å². The van der Waals surface area contributed by atoms with Gasteiger partial charge in [-0.1, -0.05) is 11.6 Å². The summed E-state index contributed by atoms with van der Waals surface area (Å²) in [6.45, 7) is 2.32. The number of halogens is 1. The lowest BCUT2D eigenvalue weighted by molar-refractivity contribution is -0.119. The zero-order valence-corrected chi connectivity index (χ0v) is 19.6. The van der Waals surface area contributed by atoms with E-state index in [4.69, 9.17) is 16.3 Å². The molecule has 3 aromatic rings. The van der Waals surface area contributed by atoms with Crippen LogP contribution in [0.25, 0.3) is 10.1 Å². The van der Waals surface area contributed by atoms with E-state index in [0.29, 0.717) is 35.0 Å². The molecule has 4 rings (SSSR count). The molecule has 10 heteroatoms. The predicted molar refractivity (Wildman–Crippen MR) is 125 cm³/mol. The third kappa shape index (κ3) is 4.52. The average Bonchev–Trinajstić information content (AvgIpc) is 3.42. The van der Waals surface area contributed by atoms with Gasteiger partial charge in [-0.2, -0.15) is 4.31 Å². The fourth-order valence-corrected chi connectivity index (χ4v) is 6.40. The maximum absolute atomic E-state index is 13.1. The molecule has 7 nitrogen and oxygen atoms in total. The van der Waals surface area contributed by atoms with Gasteiger partial charge in [-0.25, -0.2) is 13.2 Å². The maximum Gasteiger partial charge on any atom is 0.348 e. The smallest absolute Gasteiger partial charge is 0.348 e. The molecule has 0 unspecified atom stereocenters. The van der Waals surface area contributed by atoms with Crippen molar-refractivity contribution in [1.29, 1.82) is 0 Å². The molecule has 0 saturated carbocycles. The first-order valence-corrected chi connectivity index (χ1v) is 12.7. The van der Waals surface area contributed by atoms with Crippen LogP contribution in [0, 0.1) is 0 Å². The zero-order valence-electron chi connectivity index (χ0n) is 17.2. The molecule has 0 radical (unpaired) electrons. The van der Waals surface area contributed by atoms with Crippen molar-refractivity contribution < 1.29 is 22.7 Å². The molecule has 1 aromatic heterocycles. The summed E-state index contributed by atoms with van der Waals surface area (Å²) >= 11 is 7.19. The van der Waals surface area contributed by atoms with Crippen molar-refractivity contribution >= 4 is 60.6 Å². The summed E-state index contributed by atoms with van der Waals surface area (Å²) in [6.07, 6.45) is 1.03. The quantitative estimate of drug-likeness (QED) is 0.510. The van der Waals surface area contributed by atoms with Gasteiger partial charge in [-0.15, -0.1) is 11.3 Å². The average molecular weight is 493 g/mol. The van der Waals surface area contributed by atoms with Crippen LogP contribution in [0.4, 0.5) is 5.69 Å². The van der Waals surface area contributed by atoms with Crippen LogP contribution in [-0.4, -0.2) is 43.8 Å². The second kappa shape index (κ2) is 9.19. The fraction of sp³-hybridized carbons (Fsp3) is 0.273. The Labute approximate surface area is 195 Å². The minimum Gasteiger partial charge on any atom is -0.462 e. The molecule has 1 fully saturated rings. The first-order valence-electron chi connectivity index (χ1n) is 10.1. The summed E-state index contributed by atoms with van der Waals surface area (Å²) < 4.78 is 33.3. The molecule has 168 valence electrons. The van der Waals surface area contributed by atoms with Crippen LogP contribution in [0.3, 0.4) is 0 Å². The number of amides is 1. The van der Waals surface area contributed by atoms with Gasteiger partial charge in [0.1, 0.15) is 10.9 Å². The van der Waals surface area contributed by atoms with E-state index in [1.807, 2.05) is 6.07 Å². The van der Waals surface area contributed by atoms with Crippen molar-refractivity contribution in [2.75, 3.05) is 18.5 Å². The summed E-state index contributed by atoms with van der Waals surface area (Å²) in [5.74, 6) is -0.770. The van der Waals surface area contributed by atoms with E-state index in [1.54, 1.807) is 25.1 Å². The van der Waals surface area contributed by atoms with Gasteiger partial charge in [-0.3, -0.25) is 4.79 Å². The Hall–Kier alpha value is -2.46. The van der Waals surface area contributed by atoms with Gasteiger partial charge in [0.2, 0.25) is 15.9 Å². The van der Waals surface area contributed by atoms with Gasteiger partial charge in [0.05, 0.1) is 11.5 Å². The van der Waals surface area contributed by atoms with E-state index in [0.717, 1.165) is 10.1 Å². The predicted octanol–water partition coefficient (Wildman–Crippen LogP) is 4.52. The number of fused-ring (bicyclic) bond motifs is 1. The molecule has 1 saturated heterocycles. The number of benzene rings is 2. The molecule has 1 aliphatic heterocycles. The minimum atomic E-state index is -3.82. The Morgan fingerprint density at radius 1 is 1.19 bits per heavy atom. The van der Waals surface area contributed by atoms with Crippen molar-refractivity contribution in [2.45, 2.75) is 30.7 Å². The summed E-state index contributed by atoms with van der Waals surface area (Å²) in [5, 5.41) is 4.06. The van der Waals surface area contributed by atoms with E-state index in [9.17, 15) is 18.0 Å². The van der Waals surface area contributed by atoms with Crippen LogP contribution in [0.5, 0.6) is 0 Å². The summed E-state index contributed by atoms with van der Waals surface area (Å²) in [7, 11) is -3.82. The van der Waals surface area contributed by atoms with E-state index in [1.165, 1.54) is 39.9 Å². The lowest BCUT2D eigenvalue weighted by atomic mass is 10.2. The van der Waals surface area contributed by atoms with Crippen molar-refractivity contribution in [2.24, 2.45) is 0 Å². The second-order valence-corrected chi connectivity index (χ2v) is 10.7. The number of rotatable bonds is 6. The number of hydrogen-bond donors (Lipinski definition) is 1. The fourth-order valence-electron chi connectivity index (χ4n) is 3.68. The monoisotopic (exact) mass is 492 g/mol. The topological polar surface area (TPSA) is 92.8 Å². The Morgan fingerprint density at radius 3 is 2.66 bits per heavy atom. The van der Waals surface area contributed by atoms with Gasteiger partial charge in [0.15, 0.2) is 0 Å². The molecular weight excluding hydrogens is 472 g/mol. The van der Waals surface area contributed by atoms with Crippen molar-refractivity contribution in [1.82, 2.24) is 4.31 Å². The van der Waals surface area contributed by atoms with Crippen LogP contribution in [-0.2, 0) is 19.6 Å². The molecule has 0 spiro atoms. The highest BCUT2D eigenvalue weighted by Crippen LogP contribution is 2.30. The van der Waals surface area contributed by atoms with Crippen LogP contribution in [0.2, 0.25) is 5.02 Å². The van der Waals surface area contributed by atoms with E-state index >= 15 is 0 Å². The molecule has 0 bridgehead atoms. The summed E-state index contributed by atoms with van der Waals surface area (Å²) in [5.41, 5.74) is 0.534. The third-order valence-electron chi connectivity index (χ3n) is 5.19. The summed E-state index contributed by atoms with van der Waals surface area (Å²) in [4.78, 5) is 25.5. The lowest BCUT2D eigenvalue weighted by Crippen LogP contribution is -2.43. The zero-order chi connectivity index (χ0) is 22.9. The van der Waals surface area contributed by atoms with Gasteiger partial charge >= 0.3 is 5.97 Å². The number of esters is 1. The number of anilines is 1. The standard InChI is InChI=1S/C22H21ClN2O5S2/c1-2-30-22(27)20-13-14-12-16(7-10-19(14)31-20)24-21(26)18-4-3-11-25(18)32(28,29)17-8-5-15(23)6-9-17/h5-10,12-13,18H,2-4,11H2,1H3,(H,24,26)/t18-/m1/s1.